The predicted molar refractivity (Wildman–Crippen MR) is 424 cm³/mol. The largest absolute Gasteiger partial charge is 0.493 e. The van der Waals surface area contributed by atoms with Gasteiger partial charge < -0.3 is 63.4 Å². The first-order valence-electron chi connectivity index (χ1n) is 37.6. The molecule has 25 heteroatoms. The average molecular weight is 1510 g/mol. The lowest BCUT2D eigenvalue weighted by Crippen LogP contribution is -2.54. The van der Waals surface area contributed by atoms with E-state index in [1.165, 1.54) is 36.0 Å². The number of nitrogens with zero attached hydrogens (tertiary/aromatic N) is 7. The van der Waals surface area contributed by atoms with Crippen LogP contribution in [0.25, 0.3) is 22.3 Å². The fourth-order valence-corrected chi connectivity index (χ4v) is 16.1. The van der Waals surface area contributed by atoms with Crippen LogP contribution in [-0.4, -0.2) is 196 Å². The minimum atomic E-state index is -1.53. The molecule has 2 N–H and O–H groups in total. The zero-order valence-electron chi connectivity index (χ0n) is 64.5. The summed E-state index contributed by atoms with van der Waals surface area (Å²) < 4.78 is 43.3. The van der Waals surface area contributed by atoms with Crippen LogP contribution in [0.4, 0.5) is 27.5 Å². The molecule has 23 nitrogen and oxygen atoms in total. The monoisotopic (exact) mass is 1510 g/mol. The predicted octanol–water partition coefficient (Wildman–Crippen LogP) is 13.2. The highest BCUT2D eigenvalue weighted by Gasteiger charge is 2.46. The summed E-state index contributed by atoms with van der Waals surface area (Å²) in [6, 6.07) is 35.8. The first kappa shape index (κ1) is 77.8. The van der Waals surface area contributed by atoms with Crippen LogP contribution in [0.1, 0.15) is 102 Å². The van der Waals surface area contributed by atoms with Gasteiger partial charge in [-0.1, -0.05) is 126 Å². The number of ether oxygens (including phenoxy) is 7. The number of hydrogen-bond acceptors (Lipinski definition) is 16. The molecule has 108 heavy (non-hydrogen) atoms. The molecule has 4 atom stereocenters. The van der Waals surface area contributed by atoms with Crippen LogP contribution >= 0.6 is 0 Å². The third kappa shape index (κ3) is 17.3. The maximum Gasteiger partial charge on any atom is 0.411 e. The SMILES string of the molecule is COc1cc2c(cc1OCCCCCOc1cc3c(cc1OC)C(=O)N1C=C(c4ccc(N5CCN(C)CC5)cc4)C[C@H]1C(=O)N3COCC[Si](C)(C)C)N(COCC[Si](C)(C)C)C(=O)[C@@H]1CC(c3ccc(NC(=O)[C@H](C)NC(=O)[C@H](C(C)C)N(C)C(=O)OC4c5ccccc5-c5ccccc54)cc3)=CN1C2=O. The minimum absolute atomic E-state index is 0.0359. The van der Waals surface area contributed by atoms with E-state index in [2.05, 4.69) is 91.0 Å². The molecule has 572 valence electrons. The maximum atomic E-state index is 15.0. The Kier molecular flexibility index (Phi) is 24.0. The molecule has 6 aromatic carbocycles. The molecule has 0 radical (unpaired) electrons. The highest BCUT2D eigenvalue weighted by atomic mass is 28.3. The second-order valence-corrected chi connectivity index (χ2v) is 42.8. The summed E-state index contributed by atoms with van der Waals surface area (Å²) in [5, 5.41) is 5.70. The molecule has 0 aromatic heterocycles. The Balaban J connectivity index is 0.676. The van der Waals surface area contributed by atoms with Gasteiger partial charge in [-0.2, -0.15) is 0 Å². The van der Waals surface area contributed by atoms with Crippen LogP contribution in [0.5, 0.6) is 23.0 Å². The van der Waals surface area contributed by atoms with E-state index in [0.717, 1.165) is 88.5 Å². The van der Waals surface area contributed by atoms with E-state index in [-0.39, 0.29) is 62.3 Å². The standard InChI is InChI=1S/C83H103N9O14Si2/c1-53(2)75(87(5)83(99)106-76-63-23-17-15-21-61(63)62-22-16-18-24-64(62)76)78(94)84-54(3)77(93)85-59-29-25-55(26-30-59)57-43-69-81(97)91(51-102-39-41-107(8,9)10)67-47-73(71(100-6)45-65(67)79(95)89(69)49-57)104-37-19-14-20-38-105-74-48-68-66(46-72(74)101-7)80(96)90-50-58(44-70(90)82(98)92(68)52-103-40-42-108(11,12)13)56-27-31-60(32-28-56)88-35-33-86(4)34-36-88/h15-18,21-32,45-50,53-54,69-70,75-76H,14,19-20,33-44,51-52H2,1-13H3,(H,84,94)(H,85,93)/t54-,69-,70-,75-/m0/s1. The Bertz CT molecular complexity index is 4370. The van der Waals surface area contributed by atoms with Crippen molar-refractivity contribution in [3.05, 3.63) is 167 Å². The molecule has 1 aliphatic carbocycles. The molecule has 7 amide bonds. The number of unbranched alkanes of at least 4 members (excludes halogenated alkanes) is 2. The van der Waals surface area contributed by atoms with Crippen LogP contribution in [0.2, 0.25) is 51.4 Å². The van der Waals surface area contributed by atoms with Crippen molar-refractivity contribution in [2.75, 3.05) is 114 Å². The first-order chi connectivity index (χ1) is 51.7. The Morgan fingerprint density at radius 2 is 1.02 bits per heavy atom. The lowest BCUT2D eigenvalue weighted by molar-refractivity contribution is -0.130. The molecule has 1 saturated heterocycles. The van der Waals surface area contributed by atoms with Gasteiger partial charge in [-0.15, -0.1) is 0 Å². The Morgan fingerprint density at radius 1 is 0.556 bits per heavy atom. The Morgan fingerprint density at radius 3 is 1.47 bits per heavy atom. The molecular weight excluding hydrogens is 1400 g/mol. The molecule has 0 bridgehead atoms. The highest BCUT2D eigenvalue weighted by Crippen LogP contribution is 2.47. The number of hydrogen-bond donors (Lipinski definition) is 2. The number of piperazine rings is 1. The van der Waals surface area contributed by atoms with E-state index in [9.17, 15) is 28.8 Å². The Hall–Kier alpha value is -9.80. The van der Waals surface area contributed by atoms with Gasteiger partial charge >= 0.3 is 6.09 Å². The zero-order chi connectivity index (χ0) is 76.9. The minimum Gasteiger partial charge on any atom is -0.493 e. The normalized spacial score (nSPS) is 17.7. The van der Waals surface area contributed by atoms with Crippen LogP contribution in [0.15, 0.2) is 134 Å². The molecule has 5 heterocycles. The molecule has 5 aliphatic heterocycles. The highest BCUT2D eigenvalue weighted by molar-refractivity contribution is 6.76. The van der Waals surface area contributed by atoms with Crippen molar-refractivity contribution in [2.24, 2.45) is 5.92 Å². The fraction of sp³-hybridized carbons (Fsp3) is 0.434. The molecular formula is C83H103N9O14Si2. The van der Waals surface area contributed by atoms with Gasteiger partial charge in [0.1, 0.15) is 37.6 Å². The van der Waals surface area contributed by atoms with Gasteiger partial charge in [0.05, 0.1) is 49.9 Å². The van der Waals surface area contributed by atoms with E-state index >= 15 is 4.79 Å². The van der Waals surface area contributed by atoms with Gasteiger partial charge in [-0.25, -0.2) is 4.79 Å². The van der Waals surface area contributed by atoms with Crippen molar-refractivity contribution in [2.45, 2.75) is 135 Å². The maximum absolute atomic E-state index is 15.0. The smallest absolute Gasteiger partial charge is 0.411 e. The van der Waals surface area contributed by atoms with Crippen molar-refractivity contribution in [1.82, 2.24) is 24.9 Å². The topological polar surface area (TPSA) is 231 Å². The van der Waals surface area contributed by atoms with E-state index in [0.29, 0.717) is 84.5 Å². The zero-order valence-corrected chi connectivity index (χ0v) is 66.5. The summed E-state index contributed by atoms with van der Waals surface area (Å²) in [7, 11) is 3.69. The first-order valence-corrected chi connectivity index (χ1v) is 45.0. The van der Waals surface area contributed by atoms with Crippen molar-refractivity contribution in [3.8, 4) is 34.1 Å². The van der Waals surface area contributed by atoms with E-state index < -0.39 is 70.2 Å². The number of fused-ring (bicyclic) bond motifs is 7. The van der Waals surface area contributed by atoms with Gasteiger partial charge in [0.15, 0.2) is 29.1 Å². The number of methoxy groups -OCH3 is 2. The molecule has 0 saturated carbocycles. The second kappa shape index (κ2) is 33.4. The summed E-state index contributed by atoms with van der Waals surface area (Å²) >= 11 is 0. The average Bonchev–Trinajstić information content (AvgIpc) is 1.61. The van der Waals surface area contributed by atoms with Crippen molar-refractivity contribution >= 4 is 91.6 Å². The van der Waals surface area contributed by atoms with Crippen LogP contribution in [0.3, 0.4) is 0 Å². The van der Waals surface area contributed by atoms with Gasteiger partial charge in [0, 0.05) is 122 Å². The third-order valence-electron chi connectivity index (χ3n) is 21.0. The van der Waals surface area contributed by atoms with Gasteiger partial charge in [-0.05, 0) is 121 Å². The summed E-state index contributed by atoms with van der Waals surface area (Å²) in [6.45, 7) is 24.0. The lowest BCUT2D eigenvalue weighted by atomic mass is 10.0. The van der Waals surface area contributed by atoms with Crippen LogP contribution in [0, 0.1) is 5.92 Å². The van der Waals surface area contributed by atoms with Crippen molar-refractivity contribution < 1.29 is 66.7 Å². The second-order valence-electron chi connectivity index (χ2n) is 31.6. The number of likely N-dealkylation sites (N-methyl/N-ethyl adjacent to an activating group) is 2. The number of rotatable bonds is 30. The van der Waals surface area contributed by atoms with E-state index in [1.807, 2.05) is 68.6 Å². The summed E-state index contributed by atoms with van der Waals surface area (Å²) in [5.41, 5.74) is 9.88. The number of nitrogens with one attached hydrogen (secondary N) is 2. The number of carbonyl (C=O) groups excluding carboxylic acids is 7. The van der Waals surface area contributed by atoms with Gasteiger partial charge in [0.25, 0.3) is 23.6 Å². The van der Waals surface area contributed by atoms with E-state index in [1.54, 1.807) is 71.5 Å². The number of amides is 7. The Labute approximate surface area is 636 Å². The fourth-order valence-electron chi connectivity index (χ4n) is 14.6. The van der Waals surface area contributed by atoms with Crippen molar-refractivity contribution in [3.63, 3.8) is 0 Å². The van der Waals surface area contributed by atoms with Crippen LogP contribution < -0.4 is 44.3 Å². The third-order valence-corrected chi connectivity index (χ3v) is 24.4. The van der Waals surface area contributed by atoms with Gasteiger partial charge in [0.2, 0.25) is 11.8 Å². The number of anilines is 4. The van der Waals surface area contributed by atoms with Gasteiger partial charge in [-0.3, -0.25) is 43.5 Å². The summed E-state index contributed by atoms with van der Waals surface area (Å²) in [5.74, 6) is -1.25. The number of benzene rings is 6. The number of carbonyl (C=O) groups is 7. The molecule has 0 spiro atoms. The van der Waals surface area contributed by atoms with Crippen molar-refractivity contribution in [1.29, 1.82) is 0 Å². The quantitative estimate of drug-likeness (QED) is 0.0315. The van der Waals surface area contributed by atoms with E-state index in [4.69, 9.17) is 33.2 Å². The molecule has 1 fully saturated rings. The molecule has 0 unspecified atom stereocenters. The van der Waals surface area contributed by atoms with Crippen LogP contribution in [-0.2, 0) is 33.4 Å². The molecule has 12 rings (SSSR count). The molecule has 6 aliphatic rings. The molecule has 6 aromatic rings. The summed E-state index contributed by atoms with van der Waals surface area (Å²) in [6.07, 6.45) is 4.64. The summed E-state index contributed by atoms with van der Waals surface area (Å²) in [4.78, 5) is 113. The lowest BCUT2D eigenvalue weighted by Gasteiger charge is -2.34.